The molecule has 0 atom stereocenters. The predicted molar refractivity (Wildman–Crippen MR) is 83.6 cm³/mol. The predicted octanol–water partition coefficient (Wildman–Crippen LogP) is 3.82. The molecule has 0 bridgehead atoms. The van der Waals surface area contributed by atoms with Crippen molar-refractivity contribution < 1.29 is 13.6 Å². The lowest BCUT2D eigenvalue weighted by Crippen LogP contribution is -2.25. The van der Waals surface area contributed by atoms with Crippen LogP contribution in [-0.4, -0.2) is 12.5 Å². The molecular weight excluding hydrogens is 278 g/mol. The van der Waals surface area contributed by atoms with Gasteiger partial charge in [0.15, 0.2) is 17.3 Å². The molecule has 4 nitrogen and oxygen atoms in total. The Morgan fingerprint density at radius 1 is 1.05 bits per heavy atom. The van der Waals surface area contributed by atoms with Crippen LogP contribution in [0.1, 0.15) is 21.7 Å². The average molecular weight is 295 g/mol. The van der Waals surface area contributed by atoms with Crippen LogP contribution in [0.3, 0.4) is 0 Å². The molecule has 1 aromatic carbocycles. The first-order valence-electron chi connectivity index (χ1n) is 7.20. The van der Waals surface area contributed by atoms with Gasteiger partial charge in [0, 0.05) is 6.54 Å². The number of rotatable bonds is 5. The van der Waals surface area contributed by atoms with E-state index < -0.39 is 0 Å². The van der Waals surface area contributed by atoms with Crippen molar-refractivity contribution in [2.75, 3.05) is 6.54 Å². The van der Waals surface area contributed by atoms with Crippen LogP contribution in [0.4, 0.5) is 0 Å². The van der Waals surface area contributed by atoms with Crippen LogP contribution in [0.2, 0.25) is 0 Å². The monoisotopic (exact) mass is 295 g/mol. The zero-order valence-corrected chi connectivity index (χ0v) is 12.3. The zero-order valence-electron chi connectivity index (χ0n) is 12.3. The summed E-state index contributed by atoms with van der Waals surface area (Å²) in [6.45, 7) is 2.62. The van der Waals surface area contributed by atoms with E-state index in [1.165, 1.54) is 11.1 Å². The summed E-state index contributed by atoms with van der Waals surface area (Å²) in [5.41, 5.74) is 2.43. The normalized spacial score (nSPS) is 10.6. The van der Waals surface area contributed by atoms with Gasteiger partial charge in [0.2, 0.25) is 0 Å². The first-order chi connectivity index (χ1) is 10.7. The van der Waals surface area contributed by atoms with Crippen LogP contribution in [-0.2, 0) is 6.42 Å². The third-order valence-electron chi connectivity index (χ3n) is 3.41. The second kappa shape index (κ2) is 6.35. The summed E-state index contributed by atoms with van der Waals surface area (Å²) in [6, 6.07) is 15.2. The van der Waals surface area contributed by atoms with Crippen molar-refractivity contribution >= 4 is 5.91 Å². The fourth-order valence-electron chi connectivity index (χ4n) is 2.17. The van der Waals surface area contributed by atoms with E-state index in [2.05, 4.69) is 36.5 Å². The Morgan fingerprint density at radius 3 is 2.59 bits per heavy atom. The highest BCUT2D eigenvalue weighted by molar-refractivity contribution is 5.91. The van der Waals surface area contributed by atoms with Crippen molar-refractivity contribution in [1.82, 2.24) is 5.32 Å². The molecule has 0 saturated heterocycles. The Balaban J connectivity index is 1.55. The minimum Gasteiger partial charge on any atom is -0.461 e. The fourth-order valence-corrected chi connectivity index (χ4v) is 2.17. The van der Waals surface area contributed by atoms with Gasteiger partial charge in [-0.2, -0.15) is 0 Å². The number of amides is 1. The summed E-state index contributed by atoms with van der Waals surface area (Å²) >= 11 is 0. The van der Waals surface area contributed by atoms with Crippen LogP contribution in [0.5, 0.6) is 0 Å². The first kappa shape index (κ1) is 14.2. The molecule has 3 aromatic rings. The van der Waals surface area contributed by atoms with Gasteiger partial charge in [-0.25, -0.2) is 0 Å². The number of benzene rings is 1. The molecule has 0 aliphatic heterocycles. The zero-order chi connectivity index (χ0) is 15.4. The second-order valence-corrected chi connectivity index (χ2v) is 5.13. The Labute approximate surface area is 128 Å². The van der Waals surface area contributed by atoms with Crippen LogP contribution in [0.25, 0.3) is 11.5 Å². The van der Waals surface area contributed by atoms with E-state index in [9.17, 15) is 4.79 Å². The quantitative estimate of drug-likeness (QED) is 0.778. The average Bonchev–Trinajstić information content (AvgIpc) is 3.20. The molecule has 3 rings (SSSR count). The van der Waals surface area contributed by atoms with Gasteiger partial charge in [-0.15, -0.1) is 0 Å². The standard InChI is InChI=1S/C18H17NO3/c1-13-4-6-14(7-5-13)10-11-19-18(20)17-9-8-16(22-17)15-3-2-12-21-15/h2-9,12H,10-11H2,1H3,(H,19,20). The molecule has 4 heteroatoms. The van der Waals surface area contributed by atoms with E-state index in [4.69, 9.17) is 8.83 Å². The van der Waals surface area contributed by atoms with Gasteiger partial charge in [0.1, 0.15) is 0 Å². The van der Waals surface area contributed by atoms with Crippen molar-refractivity contribution in [2.24, 2.45) is 0 Å². The molecule has 112 valence electrons. The Bertz CT molecular complexity index is 739. The molecule has 0 fully saturated rings. The summed E-state index contributed by atoms with van der Waals surface area (Å²) in [4.78, 5) is 12.0. The third kappa shape index (κ3) is 3.28. The maximum absolute atomic E-state index is 12.0. The molecule has 2 aromatic heterocycles. The lowest BCUT2D eigenvalue weighted by atomic mass is 10.1. The van der Waals surface area contributed by atoms with E-state index in [1.807, 2.05) is 0 Å². The van der Waals surface area contributed by atoms with Gasteiger partial charge >= 0.3 is 0 Å². The number of hydrogen-bond acceptors (Lipinski definition) is 3. The number of nitrogens with one attached hydrogen (secondary N) is 1. The first-order valence-corrected chi connectivity index (χ1v) is 7.20. The van der Waals surface area contributed by atoms with E-state index in [0.717, 1.165) is 6.42 Å². The van der Waals surface area contributed by atoms with E-state index in [-0.39, 0.29) is 11.7 Å². The van der Waals surface area contributed by atoms with E-state index in [0.29, 0.717) is 18.1 Å². The van der Waals surface area contributed by atoms with Gasteiger partial charge in [-0.1, -0.05) is 29.8 Å². The van der Waals surface area contributed by atoms with Gasteiger partial charge in [0.25, 0.3) is 5.91 Å². The SMILES string of the molecule is Cc1ccc(CCNC(=O)c2ccc(-c3ccco3)o2)cc1. The highest BCUT2D eigenvalue weighted by atomic mass is 16.4. The minimum absolute atomic E-state index is 0.218. The Kier molecular flexibility index (Phi) is 4.10. The van der Waals surface area contributed by atoms with Gasteiger partial charge in [-0.3, -0.25) is 4.79 Å². The number of carbonyl (C=O) groups is 1. The summed E-state index contributed by atoms with van der Waals surface area (Å²) < 4.78 is 10.7. The lowest BCUT2D eigenvalue weighted by molar-refractivity contribution is 0.0927. The Hall–Kier alpha value is -2.75. The van der Waals surface area contributed by atoms with Crippen molar-refractivity contribution in [3.05, 3.63) is 71.7 Å². The van der Waals surface area contributed by atoms with E-state index >= 15 is 0 Å². The lowest BCUT2D eigenvalue weighted by Gasteiger charge is -2.04. The van der Waals surface area contributed by atoms with Crippen LogP contribution in [0, 0.1) is 6.92 Å². The molecule has 0 radical (unpaired) electrons. The highest BCUT2D eigenvalue weighted by Crippen LogP contribution is 2.22. The molecule has 2 heterocycles. The maximum Gasteiger partial charge on any atom is 0.287 e. The number of furan rings is 2. The maximum atomic E-state index is 12.0. The van der Waals surface area contributed by atoms with Crippen LogP contribution < -0.4 is 5.32 Å². The van der Waals surface area contributed by atoms with Crippen molar-refractivity contribution in [1.29, 1.82) is 0 Å². The molecule has 0 saturated carbocycles. The van der Waals surface area contributed by atoms with Gasteiger partial charge in [0.05, 0.1) is 6.26 Å². The number of hydrogen-bond donors (Lipinski definition) is 1. The largest absolute Gasteiger partial charge is 0.461 e. The highest BCUT2D eigenvalue weighted by Gasteiger charge is 2.12. The number of carbonyl (C=O) groups excluding carboxylic acids is 1. The molecule has 0 aliphatic carbocycles. The molecular formula is C18H17NO3. The van der Waals surface area contributed by atoms with Crippen molar-refractivity contribution in [3.63, 3.8) is 0 Å². The summed E-state index contributed by atoms with van der Waals surface area (Å²) in [5, 5.41) is 2.86. The van der Waals surface area contributed by atoms with Crippen LogP contribution >= 0.6 is 0 Å². The summed E-state index contributed by atoms with van der Waals surface area (Å²) in [6.07, 6.45) is 2.36. The third-order valence-corrected chi connectivity index (χ3v) is 3.41. The summed E-state index contributed by atoms with van der Waals surface area (Å²) in [7, 11) is 0. The second-order valence-electron chi connectivity index (χ2n) is 5.13. The molecule has 0 unspecified atom stereocenters. The van der Waals surface area contributed by atoms with Crippen molar-refractivity contribution in [3.8, 4) is 11.5 Å². The fraction of sp³-hybridized carbons (Fsp3) is 0.167. The smallest absolute Gasteiger partial charge is 0.287 e. The molecule has 1 amide bonds. The summed E-state index contributed by atoms with van der Waals surface area (Å²) in [5.74, 6) is 1.23. The van der Waals surface area contributed by atoms with Crippen LogP contribution in [0.15, 0.2) is 63.6 Å². The molecule has 0 aliphatic rings. The van der Waals surface area contributed by atoms with Gasteiger partial charge < -0.3 is 14.2 Å². The molecule has 1 N–H and O–H groups in total. The Morgan fingerprint density at radius 2 is 1.86 bits per heavy atom. The molecule has 0 spiro atoms. The minimum atomic E-state index is -0.218. The van der Waals surface area contributed by atoms with Crippen molar-refractivity contribution in [2.45, 2.75) is 13.3 Å². The topological polar surface area (TPSA) is 55.4 Å². The number of aryl methyl sites for hydroxylation is 1. The molecule has 22 heavy (non-hydrogen) atoms. The van der Waals surface area contributed by atoms with Gasteiger partial charge in [-0.05, 0) is 43.2 Å². The van der Waals surface area contributed by atoms with E-state index in [1.54, 1.807) is 30.5 Å².